The Morgan fingerprint density at radius 1 is 1.12 bits per heavy atom. The summed E-state index contributed by atoms with van der Waals surface area (Å²) in [5.74, 6) is -1.74. The van der Waals surface area contributed by atoms with E-state index in [2.05, 4.69) is 20.5 Å². The third-order valence-corrected chi connectivity index (χ3v) is 4.10. The molecule has 8 heteroatoms. The average molecular weight is 372 g/mol. The minimum Gasteiger partial charge on any atom is -0.325 e. The number of carbonyl (C=O) groups is 1. The molecule has 0 saturated heterocycles. The topological polar surface area (TPSA) is 70.7 Å². The molecule has 0 unspecified atom stereocenters. The predicted octanol–water partition coefficient (Wildman–Crippen LogP) is 3.98. The maximum absolute atomic E-state index is 13.1. The minimum atomic E-state index is -1.01. The first-order chi connectivity index (χ1) is 12.6. The summed E-state index contributed by atoms with van der Waals surface area (Å²) in [5, 5.41) is 9.69. The van der Waals surface area contributed by atoms with Gasteiger partial charge in [0.2, 0.25) is 11.1 Å². The van der Waals surface area contributed by atoms with Crippen LogP contribution < -0.4 is 5.32 Å². The highest BCUT2D eigenvalue weighted by Crippen LogP contribution is 2.16. The second-order valence-corrected chi connectivity index (χ2v) is 6.16. The van der Waals surface area contributed by atoms with Gasteiger partial charge in [-0.15, -0.1) is 5.10 Å². The first-order valence-electron chi connectivity index (χ1n) is 7.63. The number of H-pyrrole nitrogens is 1. The van der Waals surface area contributed by atoms with Crippen LogP contribution >= 0.6 is 11.8 Å². The zero-order chi connectivity index (χ0) is 18.4. The maximum atomic E-state index is 13.1. The lowest BCUT2D eigenvalue weighted by Gasteiger charge is -2.04. The van der Waals surface area contributed by atoms with Crippen molar-refractivity contribution in [2.45, 2.75) is 5.16 Å². The van der Waals surface area contributed by atoms with Crippen LogP contribution in [0, 0.1) is 11.6 Å². The van der Waals surface area contributed by atoms with Gasteiger partial charge in [0, 0.05) is 11.8 Å². The molecule has 0 spiro atoms. The fourth-order valence-corrected chi connectivity index (χ4v) is 2.64. The van der Waals surface area contributed by atoms with Gasteiger partial charge in [0.1, 0.15) is 5.82 Å². The van der Waals surface area contributed by atoms with Crippen molar-refractivity contribution in [2.75, 3.05) is 11.1 Å². The summed E-state index contributed by atoms with van der Waals surface area (Å²) in [4.78, 5) is 16.1. The molecule has 5 nitrogen and oxygen atoms in total. The van der Waals surface area contributed by atoms with E-state index < -0.39 is 11.6 Å². The number of benzene rings is 2. The van der Waals surface area contributed by atoms with Crippen molar-refractivity contribution in [1.82, 2.24) is 15.2 Å². The van der Waals surface area contributed by atoms with Crippen molar-refractivity contribution in [3.05, 3.63) is 71.6 Å². The molecule has 2 aromatic carbocycles. The molecule has 2 N–H and O–H groups in total. The Morgan fingerprint density at radius 3 is 2.69 bits per heavy atom. The van der Waals surface area contributed by atoms with Crippen LogP contribution in [0.1, 0.15) is 11.4 Å². The van der Waals surface area contributed by atoms with E-state index in [1.807, 2.05) is 36.4 Å². The number of hydrogen-bond donors (Lipinski definition) is 2. The van der Waals surface area contributed by atoms with Gasteiger partial charge < -0.3 is 5.32 Å². The highest BCUT2D eigenvalue weighted by atomic mass is 32.2. The summed E-state index contributed by atoms with van der Waals surface area (Å²) >= 11 is 1.13. The SMILES string of the molecule is O=C(CSc1n[nH]c(/C=C/c2ccccc2)n1)Nc1ccc(F)c(F)c1. The van der Waals surface area contributed by atoms with Crippen molar-refractivity contribution >= 4 is 35.5 Å². The Kier molecular flexibility index (Phi) is 5.75. The third-order valence-electron chi connectivity index (χ3n) is 3.25. The second-order valence-electron chi connectivity index (χ2n) is 5.21. The van der Waals surface area contributed by atoms with E-state index in [0.29, 0.717) is 11.0 Å². The summed E-state index contributed by atoms with van der Waals surface area (Å²) < 4.78 is 26.0. The Bertz CT molecular complexity index is 928. The van der Waals surface area contributed by atoms with Crippen molar-refractivity contribution in [1.29, 1.82) is 0 Å². The lowest BCUT2D eigenvalue weighted by Crippen LogP contribution is -2.14. The predicted molar refractivity (Wildman–Crippen MR) is 97.5 cm³/mol. The van der Waals surface area contributed by atoms with Crippen LogP contribution in [-0.2, 0) is 4.79 Å². The molecule has 0 aliphatic carbocycles. The van der Waals surface area contributed by atoms with Crippen LogP contribution in [0.2, 0.25) is 0 Å². The quantitative estimate of drug-likeness (QED) is 0.642. The van der Waals surface area contributed by atoms with E-state index in [1.165, 1.54) is 6.07 Å². The van der Waals surface area contributed by atoms with Crippen molar-refractivity contribution in [2.24, 2.45) is 0 Å². The lowest BCUT2D eigenvalue weighted by atomic mass is 10.2. The zero-order valence-corrected chi connectivity index (χ0v) is 14.3. The molecular formula is C18H14F2N4OS. The molecule has 1 amide bonds. The third kappa shape index (κ3) is 5.00. The number of amides is 1. The van der Waals surface area contributed by atoms with Crippen molar-refractivity contribution in [3.8, 4) is 0 Å². The Labute approximate surface area is 152 Å². The molecule has 0 aliphatic rings. The highest BCUT2D eigenvalue weighted by molar-refractivity contribution is 7.99. The first kappa shape index (κ1) is 17.8. The molecule has 0 radical (unpaired) electrons. The number of hydrogen-bond acceptors (Lipinski definition) is 4. The van der Waals surface area contributed by atoms with Gasteiger partial charge in [0.05, 0.1) is 5.75 Å². The standard InChI is InChI=1S/C18H14F2N4OS/c19-14-8-7-13(10-15(14)20)21-17(25)11-26-18-22-16(23-24-18)9-6-12-4-2-1-3-5-12/h1-10H,11H2,(H,21,25)(H,22,23,24)/b9-6+. The molecule has 0 atom stereocenters. The molecule has 0 fully saturated rings. The van der Waals surface area contributed by atoms with Crippen molar-refractivity contribution < 1.29 is 13.6 Å². The average Bonchev–Trinajstić information content (AvgIpc) is 3.10. The molecule has 0 saturated carbocycles. The van der Waals surface area contributed by atoms with Gasteiger partial charge in [-0.1, -0.05) is 48.2 Å². The van der Waals surface area contributed by atoms with E-state index in [4.69, 9.17) is 0 Å². The lowest BCUT2D eigenvalue weighted by molar-refractivity contribution is -0.113. The summed E-state index contributed by atoms with van der Waals surface area (Å²) in [6, 6.07) is 12.9. The van der Waals surface area contributed by atoms with Crippen LogP contribution in [0.5, 0.6) is 0 Å². The molecule has 132 valence electrons. The Balaban J connectivity index is 1.52. The summed E-state index contributed by atoms with van der Waals surface area (Å²) in [5.41, 5.74) is 1.22. The van der Waals surface area contributed by atoms with Crippen LogP contribution in [0.3, 0.4) is 0 Å². The van der Waals surface area contributed by atoms with Gasteiger partial charge >= 0.3 is 0 Å². The fourth-order valence-electron chi connectivity index (χ4n) is 2.04. The molecule has 26 heavy (non-hydrogen) atoms. The monoisotopic (exact) mass is 372 g/mol. The number of thioether (sulfide) groups is 1. The molecule has 3 aromatic rings. The largest absolute Gasteiger partial charge is 0.325 e. The smallest absolute Gasteiger partial charge is 0.234 e. The number of nitrogens with zero attached hydrogens (tertiary/aromatic N) is 2. The van der Waals surface area contributed by atoms with Gasteiger partial charge in [-0.3, -0.25) is 9.89 Å². The number of aromatic nitrogens is 3. The number of anilines is 1. The van der Waals surface area contributed by atoms with E-state index in [1.54, 1.807) is 6.08 Å². The minimum absolute atomic E-state index is 0.0404. The maximum Gasteiger partial charge on any atom is 0.234 e. The molecule has 0 aliphatic heterocycles. The van der Waals surface area contributed by atoms with E-state index in [-0.39, 0.29) is 17.3 Å². The number of rotatable bonds is 6. The Hall–Kier alpha value is -3.00. The van der Waals surface area contributed by atoms with Gasteiger partial charge in [0.15, 0.2) is 11.6 Å². The fraction of sp³-hybridized carbons (Fsp3) is 0.0556. The number of carbonyl (C=O) groups excluding carboxylic acids is 1. The van der Waals surface area contributed by atoms with Gasteiger partial charge in [0.25, 0.3) is 0 Å². The number of halogens is 2. The molecule has 1 aromatic heterocycles. The van der Waals surface area contributed by atoms with Crippen LogP contribution in [-0.4, -0.2) is 26.8 Å². The summed E-state index contributed by atoms with van der Waals surface area (Å²) in [6.07, 6.45) is 3.68. The first-order valence-corrected chi connectivity index (χ1v) is 8.62. The highest BCUT2D eigenvalue weighted by Gasteiger charge is 2.09. The summed E-state index contributed by atoms with van der Waals surface area (Å²) in [7, 11) is 0. The number of nitrogens with one attached hydrogen (secondary N) is 2. The molecule has 0 bridgehead atoms. The zero-order valence-electron chi connectivity index (χ0n) is 13.4. The molecular weight excluding hydrogens is 358 g/mol. The van der Waals surface area contributed by atoms with Gasteiger partial charge in [-0.2, -0.15) is 0 Å². The van der Waals surface area contributed by atoms with E-state index >= 15 is 0 Å². The van der Waals surface area contributed by atoms with Crippen molar-refractivity contribution in [3.63, 3.8) is 0 Å². The number of aromatic amines is 1. The summed E-state index contributed by atoms with van der Waals surface area (Å²) in [6.45, 7) is 0. The Morgan fingerprint density at radius 2 is 1.92 bits per heavy atom. The van der Waals surface area contributed by atoms with Gasteiger partial charge in [-0.25, -0.2) is 13.8 Å². The normalized spacial score (nSPS) is 11.0. The molecule has 1 heterocycles. The second kappa shape index (κ2) is 8.39. The van der Waals surface area contributed by atoms with E-state index in [9.17, 15) is 13.6 Å². The van der Waals surface area contributed by atoms with Crippen LogP contribution in [0.4, 0.5) is 14.5 Å². The van der Waals surface area contributed by atoms with Crippen LogP contribution in [0.15, 0.2) is 53.7 Å². The van der Waals surface area contributed by atoms with Crippen LogP contribution in [0.25, 0.3) is 12.2 Å². The van der Waals surface area contributed by atoms with E-state index in [0.717, 1.165) is 29.5 Å². The molecule has 3 rings (SSSR count). The van der Waals surface area contributed by atoms with Gasteiger partial charge in [-0.05, 0) is 23.8 Å².